The molecular formula is C20H21F2N3O. The third kappa shape index (κ3) is 4.88. The highest BCUT2D eigenvalue weighted by atomic mass is 19.1. The second-order valence-electron chi connectivity index (χ2n) is 6.35. The molecule has 2 aromatic rings. The molecule has 1 aliphatic heterocycles. The lowest BCUT2D eigenvalue weighted by Crippen LogP contribution is -2.29. The van der Waals surface area contributed by atoms with Crippen molar-refractivity contribution in [3.63, 3.8) is 0 Å². The number of hydrogen-bond acceptors (Lipinski definition) is 3. The van der Waals surface area contributed by atoms with Gasteiger partial charge in [-0.05, 0) is 55.2 Å². The topological polar surface area (TPSA) is 44.7 Å². The van der Waals surface area contributed by atoms with Crippen molar-refractivity contribution < 1.29 is 13.6 Å². The van der Waals surface area contributed by atoms with Crippen LogP contribution in [0.1, 0.15) is 30.4 Å². The number of nitrogens with zero attached hydrogens (tertiary/aromatic N) is 2. The zero-order chi connectivity index (χ0) is 18.4. The highest BCUT2D eigenvalue weighted by Crippen LogP contribution is 2.21. The molecule has 26 heavy (non-hydrogen) atoms. The Morgan fingerprint density at radius 2 is 1.81 bits per heavy atom. The summed E-state index contributed by atoms with van der Waals surface area (Å²) in [5, 5.41) is 3.81. The highest BCUT2D eigenvalue weighted by molar-refractivity contribution is 5.84. The van der Waals surface area contributed by atoms with Gasteiger partial charge in [0.1, 0.15) is 11.6 Å². The van der Waals surface area contributed by atoms with Crippen LogP contribution >= 0.6 is 0 Å². The first-order valence-corrected chi connectivity index (χ1v) is 8.73. The van der Waals surface area contributed by atoms with Crippen LogP contribution < -0.4 is 10.3 Å². The Morgan fingerprint density at radius 1 is 1.08 bits per heavy atom. The number of benzene rings is 2. The number of amides is 1. The number of hydrazone groups is 1. The molecule has 6 heteroatoms. The predicted molar refractivity (Wildman–Crippen MR) is 98.3 cm³/mol. The Hall–Kier alpha value is -2.76. The summed E-state index contributed by atoms with van der Waals surface area (Å²) in [7, 11) is 0. The van der Waals surface area contributed by atoms with Crippen molar-refractivity contribution in [1.82, 2.24) is 5.43 Å². The summed E-state index contributed by atoms with van der Waals surface area (Å²) in [4.78, 5) is 14.0. The van der Waals surface area contributed by atoms with Crippen LogP contribution in [0.2, 0.25) is 0 Å². The van der Waals surface area contributed by atoms with Gasteiger partial charge < -0.3 is 4.90 Å². The molecule has 0 aliphatic carbocycles. The second kappa shape index (κ2) is 8.56. The van der Waals surface area contributed by atoms with Gasteiger partial charge in [-0.3, -0.25) is 4.79 Å². The number of hydrogen-bond donors (Lipinski definition) is 1. The van der Waals surface area contributed by atoms with E-state index < -0.39 is 0 Å². The van der Waals surface area contributed by atoms with Crippen molar-refractivity contribution in [2.75, 3.05) is 18.0 Å². The normalized spacial score (nSPS) is 14.6. The monoisotopic (exact) mass is 357 g/mol. The third-order valence-electron chi connectivity index (χ3n) is 4.38. The smallest absolute Gasteiger partial charge is 0.244 e. The summed E-state index contributed by atoms with van der Waals surface area (Å²) in [6.07, 6.45) is 4.85. The Balaban J connectivity index is 1.56. The molecule has 136 valence electrons. The minimum absolute atomic E-state index is 0.0774. The molecule has 1 saturated heterocycles. The van der Waals surface area contributed by atoms with E-state index in [9.17, 15) is 13.6 Å². The van der Waals surface area contributed by atoms with Crippen molar-refractivity contribution >= 4 is 17.8 Å². The maximum Gasteiger partial charge on any atom is 0.244 e. The fourth-order valence-corrected chi connectivity index (χ4v) is 2.97. The van der Waals surface area contributed by atoms with Crippen LogP contribution in [0.25, 0.3) is 0 Å². The van der Waals surface area contributed by atoms with Crippen molar-refractivity contribution in [1.29, 1.82) is 0 Å². The molecule has 0 saturated carbocycles. The number of nitrogens with one attached hydrogen (secondary N) is 1. The SMILES string of the molecule is O=C(Cc1ccc(F)cc1)N/N=C/c1ccc(N2CCCCC2)cc1F. The number of halogens is 2. The van der Waals surface area contributed by atoms with E-state index in [1.807, 2.05) is 6.07 Å². The number of carbonyl (C=O) groups excluding carboxylic acids is 1. The van der Waals surface area contributed by atoms with Crippen LogP contribution in [0.5, 0.6) is 0 Å². The third-order valence-corrected chi connectivity index (χ3v) is 4.38. The lowest BCUT2D eigenvalue weighted by atomic mass is 10.1. The summed E-state index contributed by atoms with van der Waals surface area (Å²) >= 11 is 0. The molecule has 3 rings (SSSR count). The van der Waals surface area contributed by atoms with Crippen LogP contribution in [0.15, 0.2) is 47.6 Å². The largest absolute Gasteiger partial charge is 0.371 e. The van der Waals surface area contributed by atoms with Gasteiger partial charge in [-0.2, -0.15) is 5.10 Å². The molecule has 1 amide bonds. The van der Waals surface area contributed by atoms with Gasteiger partial charge in [0.2, 0.25) is 5.91 Å². The number of carbonyl (C=O) groups is 1. The fourth-order valence-electron chi connectivity index (χ4n) is 2.97. The van der Waals surface area contributed by atoms with Crippen LogP contribution in [-0.4, -0.2) is 25.2 Å². The Kier molecular flexibility index (Phi) is 5.94. The lowest BCUT2D eigenvalue weighted by molar-refractivity contribution is -0.120. The van der Waals surface area contributed by atoms with E-state index in [0.717, 1.165) is 31.6 Å². The van der Waals surface area contributed by atoms with Crippen LogP contribution in [0.3, 0.4) is 0 Å². The molecule has 1 aliphatic rings. The number of anilines is 1. The van der Waals surface area contributed by atoms with Gasteiger partial charge in [-0.25, -0.2) is 14.2 Å². The van der Waals surface area contributed by atoms with E-state index in [1.165, 1.54) is 43.0 Å². The summed E-state index contributed by atoms with van der Waals surface area (Å²) in [5.41, 5.74) is 4.22. The zero-order valence-corrected chi connectivity index (χ0v) is 14.4. The van der Waals surface area contributed by atoms with Gasteiger partial charge in [0, 0.05) is 24.3 Å². The lowest BCUT2D eigenvalue weighted by Gasteiger charge is -2.28. The first-order valence-electron chi connectivity index (χ1n) is 8.73. The first-order chi connectivity index (χ1) is 12.6. The molecule has 1 heterocycles. The van der Waals surface area contributed by atoms with E-state index in [4.69, 9.17) is 0 Å². The van der Waals surface area contributed by atoms with Gasteiger partial charge in [0.05, 0.1) is 12.6 Å². The van der Waals surface area contributed by atoms with Crippen molar-refractivity contribution in [3.05, 3.63) is 65.2 Å². The van der Waals surface area contributed by atoms with E-state index in [1.54, 1.807) is 6.07 Å². The average molecular weight is 357 g/mol. The zero-order valence-electron chi connectivity index (χ0n) is 14.4. The van der Waals surface area contributed by atoms with Gasteiger partial charge >= 0.3 is 0 Å². The molecule has 1 fully saturated rings. The van der Waals surface area contributed by atoms with E-state index in [2.05, 4.69) is 15.4 Å². The van der Waals surface area contributed by atoms with Crippen LogP contribution in [0, 0.1) is 11.6 Å². The molecule has 0 radical (unpaired) electrons. The predicted octanol–water partition coefficient (Wildman–Crippen LogP) is 3.65. The van der Waals surface area contributed by atoms with Crippen molar-refractivity contribution in [3.8, 4) is 0 Å². The molecule has 1 N–H and O–H groups in total. The Labute approximate surface area is 151 Å². The molecule has 0 unspecified atom stereocenters. The van der Waals surface area contributed by atoms with E-state index in [-0.39, 0.29) is 24.0 Å². The Morgan fingerprint density at radius 3 is 2.50 bits per heavy atom. The molecule has 2 aromatic carbocycles. The molecule has 0 spiro atoms. The fraction of sp³-hybridized carbons (Fsp3) is 0.300. The minimum Gasteiger partial charge on any atom is -0.371 e. The van der Waals surface area contributed by atoms with Crippen LogP contribution in [0.4, 0.5) is 14.5 Å². The van der Waals surface area contributed by atoms with Crippen molar-refractivity contribution in [2.45, 2.75) is 25.7 Å². The van der Waals surface area contributed by atoms with Crippen molar-refractivity contribution in [2.24, 2.45) is 5.10 Å². The summed E-state index contributed by atoms with van der Waals surface area (Å²) < 4.78 is 27.1. The molecule has 4 nitrogen and oxygen atoms in total. The maximum atomic E-state index is 14.2. The van der Waals surface area contributed by atoms with E-state index >= 15 is 0 Å². The van der Waals surface area contributed by atoms with Gasteiger partial charge in [-0.1, -0.05) is 12.1 Å². The average Bonchev–Trinajstić information content (AvgIpc) is 2.65. The van der Waals surface area contributed by atoms with Crippen LogP contribution in [-0.2, 0) is 11.2 Å². The second-order valence-corrected chi connectivity index (χ2v) is 6.35. The quantitative estimate of drug-likeness (QED) is 0.656. The summed E-state index contributed by atoms with van der Waals surface area (Å²) in [5.74, 6) is -1.07. The Bertz CT molecular complexity index is 784. The first kappa shape index (κ1) is 18.0. The standard InChI is InChI=1S/C20H21F2N3O/c21-17-7-4-15(5-8-17)12-20(26)24-23-14-16-6-9-18(13-19(16)22)25-10-2-1-3-11-25/h4-9,13-14H,1-3,10-12H2,(H,24,26)/b23-14+. The van der Waals surface area contributed by atoms with Gasteiger partial charge in [0.15, 0.2) is 0 Å². The number of rotatable bonds is 5. The van der Waals surface area contributed by atoms with Gasteiger partial charge in [-0.15, -0.1) is 0 Å². The summed E-state index contributed by atoms with van der Waals surface area (Å²) in [6, 6.07) is 10.7. The molecular weight excluding hydrogens is 336 g/mol. The molecule has 0 bridgehead atoms. The van der Waals surface area contributed by atoms with E-state index in [0.29, 0.717) is 11.1 Å². The molecule has 0 atom stereocenters. The summed E-state index contributed by atoms with van der Waals surface area (Å²) in [6.45, 7) is 1.90. The minimum atomic E-state index is -0.371. The highest BCUT2D eigenvalue weighted by Gasteiger charge is 2.12. The maximum absolute atomic E-state index is 14.2. The molecule has 0 aromatic heterocycles. The van der Waals surface area contributed by atoms with Gasteiger partial charge in [0.25, 0.3) is 0 Å². The number of piperidine rings is 1.